The van der Waals surface area contributed by atoms with E-state index in [9.17, 15) is 0 Å². The number of nitrogens with one attached hydrogen (secondary N) is 1. The lowest BCUT2D eigenvalue weighted by Crippen LogP contribution is -2.44. The van der Waals surface area contributed by atoms with E-state index in [1.165, 1.54) is 32.1 Å². The molecule has 2 heteroatoms. The zero-order chi connectivity index (χ0) is 10.2. The summed E-state index contributed by atoms with van der Waals surface area (Å²) in [5, 5.41) is 3.53. The van der Waals surface area contributed by atoms with Gasteiger partial charge in [0.15, 0.2) is 0 Å². The van der Waals surface area contributed by atoms with Gasteiger partial charge in [0.25, 0.3) is 0 Å². The number of hydrogen-bond donors (Lipinski definition) is 1. The van der Waals surface area contributed by atoms with Gasteiger partial charge in [0.2, 0.25) is 0 Å². The van der Waals surface area contributed by atoms with E-state index in [2.05, 4.69) is 26.1 Å². The zero-order valence-corrected chi connectivity index (χ0v) is 9.73. The highest BCUT2D eigenvalue weighted by atomic mass is 16.5. The SMILES string of the molecule is CC(C)(C)NCC1CCCC2(CC2)O1. The van der Waals surface area contributed by atoms with E-state index >= 15 is 0 Å². The van der Waals surface area contributed by atoms with Crippen LogP contribution in [0.5, 0.6) is 0 Å². The van der Waals surface area contributed by atoms with Crippen LogP contribution in [0.3, 0.4) is 0 Å². The van der Waals surface area contributed by atoms with Crippen LogP contribution in [0.2, 0.25) is 0 Å². The van der Waals surface area contributed by atoms with Crippen LogP contribution >= 0.6 is 0 Å². The standard InChI is InChI=1S/C12H23NO/c1-11(2,3)13-9-10-5-4-6-12(14-10)7-8-12/h10,13H,4-9H2,1-3H3. The molecule has 1 saturated heterocycles. The van der Waals surface area contributed by atoms with Gasteiger partial charge in [0, 0.05) is 12.1 Å². The summed E-state index contributed by atoms with van der Waals surface area (Å²) in [6, 6.07) is 0. The van der Waals surface area contributed by atoms with Crippen LogP contribution in [0, 0.1) is 0 Å². The van der Waals surface area contributed by atoms with Crippen molar-refractivity contribution in [2.75, 3.05) is 6.54 Å². The Labute approximate surface area is 87.4 Å². The molecular formula is C12H23NO. The Balaban J connectivity index is 1.75. The van der Waals surface area contributed by atoms with Crippen LogP contribution in [0.25, 0.3) is 0 Å². The van der Waals surface area contributed by atoms with E-state index < -0.39 is 0 Å². The average molecular weight is 197 g/mol. The lowest BCUT2D eigenvalue weighted by molar-refractivity contribution is -0.0673. The second-order valence-corrected chi connectivity index (χ2v) is 5.95. The molecule has 2 nitrogen and oxygen atoms in total. The highest BCUT2D eigenvalue weighted by Gasteiger charge is 2.47. The van der Waals surface area contributed by atoms with E-state index in [1.807, 2.05) is 0 Å². The number of hydrogen-bond acceptors (Lipinski definition) is 2. The maximum Gasteiger partial charge on any atom is 0.0707 e. The van der Waals surface area contributed by atoms with Crippen molar-refractivity contribution >= 4 is 0 Å². The van der Waals surface area contributed by atoms with Crippen LogP contribution in [0.4, 0.5) is 0 Å². The fraction of sp³-hybridized carbons (Fsp3) is 1.00. The van der Waals surface area contributed by atoms with Gasteiger partial charge < -0.3 is 10.1 Å². The van der Waals surface area contributed by atoms with Gasteiger partial charge in [0.1, 0.15) is 0 Å². The third kappa shape index (κ3) is 2.71. The van der Waals surface area contributed by atoms with Crippen molar-refractivity contribution in [3.63, 3.8) is 0 Å². The molecule has 82 valence electrons. The van der Waals surface area contributed by atoms with Gasteiger partial charge in [-0.25, -0.2) is 0 Å². The zero-order valence-electron chi connectivity index (χ0n) is 9.73. The first-order chi connectivity index (χ1) is 6.49. The van der Waals surface area contributed by atoms with E-state index in [-0.39, 0.29) is 5.54 Å². The van der Waals surface area contributed by atoms with Crippen molar-refractivity contribution in [3.8, 4) is 0 Å². The molecule has 2 aliphatic rings. The first kappa shape index (κ1) is 10.4. The summed E-state index contributed by atoms with van der Waals surface area (Å²) in [6.07, 6.45) is 6.98. The second-order valence-electron chi connectivity index (χ2n) is 5.95. The van der Waals surface area contributed by atoms with E-state index in [0.717, 1.165) is 6.54 Å². The lowest BCUT2D eigenvalue weighted by atomic mass is 10.0. The van der Waals surface area contributed by atoms with Crippen LogP contribution in [-0.2, 0) is 4.74 Å². The Morgan fingerprint density at radius 2 is 2.00 bits per heavy atom. The van der Waals surface area contributed by atoms with Crippen molar-refractivity contribution in [2.24, 2.45) is 0 Å². The molecule has 1 aliphatic carbocycles. The Bertz CT molecular complexity index is 203. The molecule has 1 saturated carbocycles. The summed E-state index contributed by atoms with van der Waals surface area (Å²) in [5.41, 5.74) is 0.556. The molecule has 2 rings (SSSR count). The van der Waals surface area contributed by atoms with Crippen LogP contribution in [-0.4, -0.2) is 23.8 Å². The van der Waals surface area contributed by atoms with Gasteiger partial charge in [-0.2, -0.15) is 0 Å². The van der Waals surface area contributed by atoms with Crippen molar-refractivity contribution in [2.45, 2.75) is 70.1 Å². The molecule has 1 atom stereocenters. The topological polar surface area (TPSA) is 21.3 Å². The number of ether oxygens (including phenoxy) is 1. The molecule has 0 radical (unpaired) electrons. The summed E-state index contributed by atoms with van der Waals surface area (Å²) in [6.45, 7) is 7.65. The minimum atomic E-state index is 0.220. The predicted octanol–water partition coefficient (Wildman–Crippen LogP) is 2.48. The molecule has 0 aromatic heterocycles. The predicted molar refractivity (Wildman–Crippen MR) is 58.4 cm³/mol. The van der Waals surface area contributed by atoms with Crippen LogP contribution in [0.1, 0.15) is 52.9 Å². The normalized spacial score (nSPS) is 30.6. The molecule has 1 N–H and O–H groups in total. The summed E-state index contributed by atoms with van der Waals surface area (Å²) in [4.78, 5) is 0. The van der Waals surface area contributed by atoms with Crippen molar-refractivity contribution in [3.05, 3.63) is 0 Å². The van der Waals surface area contributed by atoms with E-state index in [4.69, 9.17) is 4.74 Å². The molecule has 14 heavy (non-hydrogen) atoms. The highest BCUT2D eigenvalue weighted by molar-refractivity contribution is 4.99. The van der Waals surface area contributed by atoms with Gasteiger partial charge in [-0.1, -0.05) is 0 Å². The van der Waals surface area contributed by atoms with Gasteiger partial charge in [-0.05, 0) is 52.9 Å². The van der Waals surface area contributed by atoms with E-state index in [1.54, 1.807) is 0 Å². The Hall–Kier alpha value is -0.0800. The Kier molecular flexibility index (Phi) is 2.61. The van der Waals surface area contributed by atoms with E-state index in [0.29, 0.717) is 11.7 Å². The molecule has 2 fully saturated rings. The second kappa shape index (κ2) is 3.49. The first-order valence-corrected chi connectivity index (χ1v) is 5.92. The van der Waals surface area contributed by atoms with Crippen molar-refractivity contribution < 1.29 is 4.74 Å². The maximum absolute atomic E-state index is 6.12. The molecule has 1 unspecified atom stereocenters. The summed E-state index contributed by atoms with van der Waals surface area (Å²) in [5.74, 6) is 0. The van der Waals surface area contributed by atoms with Crippen molar-refractivity contribution in [1.29, 1.82) is 0 Å². The first-order valence-electron chi connectivity index (χ1n) is 5.92. The monoisotopic (exact) mass is 197 g/mol. The van der Waals surface area contributed by atoms with Gasteiger partial charge in [0.05, 0.1) is 11.7 Å². The molecule has 1 heterocycles. The fourth-order valence-electron chi connectivity index (χ4n) is 2.19. The average Bonchev–Trinajstić information content (AvgIpc) is 2.81. The Morgan fingerprint density at radius 1 is 1.29 bits per heavy atom. The molecule has 1 aliphatic heterocycles. The lowest BCUT2D eigenvalue weighted by Gasteiger charge is -2.32. The third-order valence-corrected chi connectivity index (χ3v) is 3.24. The minimum Gasteiger partial charge on any atom is -0.370 e. The van der Waals surface area contributed by atoms with Crippen LogP contribution < -0.4 is 5.32 Å². The Morgan fingerprint density at radius 3 is 2.57 bits per heavy atom. The van der Waals surface area contributed by atoms with Gasteiger partial charge in [-0.3, -0.25) is 0 Å². The highest BCUT2D eigenvalue weighted by Crippen LogP contribution is 2.47. The quantitative estimate of drug-likeness (QED) is 0.734. The fourth-order valence-corrected chi connectivity index (χ4v) is 2.19. The summed E-state index contributed by atoms with van der Waals surface area (Å²) >= 11 is 0. The van der Waals surface area contributed by atoms with Gasteiger partial charge in [-0.15, -0.1) is 0 Å². The van der Waals surface area contributed by atoms with Crippen LogP contribution in [0.15, 0.2) is 0 Å². The number of rotatable bonds is 2. The molecule has 0 bridgehead atoms. The molecular weight excluding hydrogens is 174 g/mol. The van der Waals surface area contributed by atoms with Crippen molar-refractivity contribution in [1.82, 2.24) is 5.32 Å². The smallest absolute Gasteiger partial charge is 0.0707 e. The third-order valence-electron chi connectivity index (χ3n) is 3.24. The largest absolute Gasteiger partial charge is 0.370 e. The summed E-state index contributed by atoms with van der Waals surface area (Å²) in [7, 11) is 0. The van der Waals surface area contributed by atoms with Gasteiger partial charge >= 0.3 is 0 Å². The molecule has 0 aromatic rings. The minimum absolute atomic E-state index is 0.220. The molecule has 0 amide bonds. The molecule has 0 aromatic carbocycles. The summed E-state index contributed by atoms with van der Waals surface area (Å²) < 4.78 is 6.12. The maximum atomic E-state index is 6.12. The molecule has 1 spiro atoms.